The quantitative estimate of drug-likeness (QED) is 0.757. The zero-order valence-corrected chi connectivity index (χ0v) is 12.5. The van der Waals surface area contributed by atoms with Crippen molar-refractivity contribution in [1.82, 2.24) is 5.32 Å². The number of nitrogens with one attached hydrogen (secondary N) is 1. The van der Waals surface area contributed by atoms with Crippen LogP contribution in [0.2, 0.25) is 0 Å². The van der Waals surface area contributed by atoms with Crippen molar-refractivity contribution in [3.63, 3.8) is 0 Å². The first-order valence-electron chi connectivity index (χ1n) is 6.46. The van der Waals surface area contributed by atoms with Gasteiger partial charge in [-0.3, -0.25) is 4.79 Å². The van der Waals surface area contributed by atoms with Crippen LogP contribution in [0.15, 0.2) is 29.2 Å². The fourth-order valence-electron chi connectivity index (χ4n) is 1.92. The molecule has 1 amide bonds. The van der Waals surface area contributed by atoms with E-state index in [4.69, 9.17) is 0 Å². The van der Waals surface area contributed by atoms with Crippen molar-refractivity contribution >= 4 is 23.6 Å². The van der Waals surface area contributed by atoms with E-state index in [1.807, 2.05) is 0 Å². The van der Waals surface area contributed by atoms with Crippen molar-refractivity contribution in [2.24, 2.45) is 0 Å². The van der Waals surface area contributed by atoms with Crippen LogP contribution in [-0.4, -0.2) is 28.3 Å². The highest BCUT2D eigenvalue weighted by atomic mass is 32.2. The molecule has 0 fully saturated rings. The fourth-order valence-corrected chi connectivity index (χ4v) is 2.56. The fraction of sp³-hybridized carbons (Fsp3) is 0.429. The largest absolute Gasteiger partial charge is 0.480 e. The summed E-state index contributed by atoms with van der Waals surface area (Å²) in [4.78, 5) is 23.7. The van der Waals surface area contributed by atoms with Crippen LogP contribution in [0, 0.1) is 0 Å². The predicted molar refractivity (Wildman–Crippen MR) is 76.7 cm³/mol. The highest BCUT2D eigenvalue weighted by Crippen LogP contribution is 2.29. The molecular formula is C14H17F2NO3S. The maximum Gasteiger partial charge on any atom is 0.329 e. The number of hydrogen-bond acceptors (Lipinski definition) is 3. The first-order chi connectivity index (χ1) is 9.86. The topological polar surface area (TPSA) is 66.4 Å². The zero-order chi connectivity index (χ0) is 16.0. The van der Waals surface area contributed by atoms with Gasteiger partial charge < -0.3 is 10.4 Å². The SMILES string of the molecule is CCC(CC)(NC(=O)c1ccccc1SC(F)F)C(=O)O. The second kappa shape index (κ2) is 7.40. The van der Waals surface area contributed by atoms with Crippen LogP contribution in [0.3, 0.4) is 0 Å². The summed E-state index contributed by atoms with van der Waals surface area (Å²) >= 11 is 0.261. The Balaban J connectivity index is 3.06. The van der Waals surface area contributed by atoms with E-state index in [1.165, 1.54) is 12.1 Å². The van der Waals surface area contributed by atoms with Gasteiger partial charge in [0.2, 0.25) is 0 Å². The van der Waals surface area contributed by atoms with E-state index in [2.05, 4.69) is 5.32 Å². The monoisotopic (exact) mass is 317 g/mol. The molecule has 0 spiro atoms. The molecule has 7 heteroatoms. The molecule has 0 aliphatic carbocycles. The third kappa shape index (κ3) is 4.17. The van der Waals surface area contributed by atoms with Gasteiger partial charge in [-0.2, -0.15) is 8.78 Å². The Labute approximate surface area is 125 Å². The number of hydrogen-bond donors (Lipinski definition) is 2. The number of rotatable bonds is 7. The number of amides is 1. The van der Waals surface area contributed by atoms with Gasteiger partial charge >= 0.3 is 5.97 Å². The number of carbonyl (C=O) groups is 2. The summed E-state index contributed by atoms with van der Waals surface area (Å²) in [7, 11) is 0. The Morgan fingerprint density at radius 2 is 1.86 bits per heavy atom. The minimum Gasteiger partial charge on any atom is -0.480 e. The van der Waals surface area contributed by atoms with Crippen molar-refractivity contribution in [2.75, 3.05) is 0 Å². The molecule has 4 nitrogen and oxygen atoms in total. The van der Waals surface area contributed by atoms with Gasteiger partial charge in [-0.15, -0.1) is 0 Å². The molecule has 0 radical (unpaired) electrons. The van der Waals surface area contributed by atoms with Gasteiger partial charge in [-0.25, -0.2) is 4.79 Å². The molecule has 21 heavy (non-hydrogen) atoms. The third-order valence-electron chi connectivity index (χ3n) is 3.32. The first-order valence-corrected chi connectivity index (χ1v) is 7.34. The van der Waals surface area contributed by atoms with E-state index in [9.17, 15) is 23.5 Å². The average molecular weight is 317 g/mol. The number of halogens is 2. The summed E-state index contributed by atoms with van der Waals surface area (Å²) in [5.41, 5.74) is -1.34. The predicted octanol–water partition coefficient (Wildman–Crippen LogP) is 3.37. The molecule has 0 saturated carbocycles. The lowest BCUT2D eigenvalue weighted by atomic mass is 9.92. The maximum absolute atomic E-state index is 12.5. The molecule has 0 unspecified atom stereocenters. The molecule has 0 aliphatic heterocycles. The Bertz CT molecular complexity index is 519. The second-order valence-electron chi connectivity index (χ2n) is 4.42. The van der Waals surface area contributed by atoms with Crippen LogP contribution in [0.25, 0.3) is 0 Å². The number of carboxylic acid groups (broad SMARTS) is 1. The average Bonchev–Trinajstić information content (AvgIpc) is 2.44. The number of thioether (sulfide) groups is 1. The minimum absolute atomic E-state index is 0.0512. The van der Waals surface area contributed by atoms with E-state index in [1.54, 1.807) is 26.0 Å². The molecule has 0 aliphatic rings. The van der Waals surface area contributed by atoms with Crippen molar-refractivity contribution in [3.8, 4) is 0 Å². The molecule has 116 valence electrons. The summed E-state index contributed by atoms with van der Waals surface area (Å²) in [6, 6.07) is 5.90. The van der Waals surface area contributed by atoms with Crippen LogP contribution < -0.4 is 5.32 Å². The van der Waals surface area contributed by atoms with Crippen LogP contribution in [0.5, 0.6) is 0 Å². The van der Waals surface area contributed by atoms with E-state index in [-0.39, 0.29) is 35.1 Å². The number of carbonyl (C=O) groups excluding carboxylic acids is 1. The highest BCUT2D eigenvalue weighted by molar-refractivity contribution is 7.99. The van der Waals surface area contributed by atoms with E-state index in [0.29, 0.717) is 0 Å². The Morgan fingerprint density at radius 1 is 1.29 bits per heavy atom. The van der Waals surface area contributed by atoms with Crippen molar-refractivity contribution in [2.45, 2.75) is 42.9 Å². The maximum atomic E-state index is 12.5. The summed E-state index contributed by atoms with van der Waals surface area (Å²) in [6.07, 6.45) is 0.406. The lowest BCUT2D eigenvalue weighted by Crippen LogP contribution is -2.53. The zero-order valence-electron chi connectivity index (χ0n) is 11.7. The smallest absolute Gasteiger partial charge is 0.329 e. The summed E-state index contributed by atoms with van der Waals surface area (Å²) < 4.78 is 25.0. The second-order valence-corrected chi connectivity index (χ2v) is 5.46. The van der Waals surface area contributed by atoms with Gasteiger partial charge in [0.25, 0.3) is 11.7 Å². The molecule has 1 aromatic rings. The normalized spacial score (nSPS) is 11.5. The van der Waals surface area contributed by atoms with Crippen molar-refractivity contribution in [3.05, 3.63) is 29.8 Å². The van der Waals surface area contributed by atoms with Gasteiger partial charge in [0.15, 0.2) is 0 Å². The summed E-state index contributed by atoms with van der Waals surface area (Å²) in [5.74, 6) is -4.45. The highest BCUT2D eigenvalue weighted by Gasteiger charge is 2.37. The van der Waals surface area contributed by atoms with Crippen molar-refractivity contribution < 1.29 is 23.5 Å². The molecular weight excluding hydrogens is 300 g/mol. The molecule has 0 atom stereocenters. The minimum atomic E-state index is -2.65. The van der Waals surface area contributed by atoms with Gasteiger partial charge in [0.05, 0.1) is 5.56 Å². The van der Waals surface area contributed by atoms with Gasteiger partial charge in [0.1, 0.15) is 5.54 Å². The third-order valence-corrected chi connectivity index (χ3v) is 4.11. The summed E-state index contributed by atoms with van der Waals surface area (Å²) in [6.45, 7) is 3.30. The van der Waals surface area contributed by atoms with E-state index in [0.717, 1.165) is 0 Å². The van der Waals surface area contributed by atoms with E-state index < -0.39 is 23.2 Å². The Hall–Kier alpha value is -1.63. The van der Waals surface area contributed by atoms with Crippen LogP contribution in [-0.2, 0) is 4.79 Å². The lowest BCUT2D eigenvalue weighted by Gasteiger charge is -2.28. The number of carboxylic acids is 1. The molecule has 1 aromatic carbocycles. The van der Waals surface area contributed by atoms with Crippen LogP contribution in [0.4, 0.5) is 8.78 Å². The van der Waals surface area contributed by atoms with Gasteiger partial charge in [-0.05, 0) is 25.0 Å². The Morgan fingerprint density at radius 3 is 2.33 bits per heavy atom. The number of alkyl halides is 2. The first kappa shape index (κ1) is 17.4. The van der Waals surface area contributed by atoms with E-state index >= 15 is 0 Å². The van der Waals surface area contributed by atoms with Gasteiger partial charge in [-0.1, -0.05) is 37.7 Å². The molecule has 0 heterocycles. The molecule has 0 saturated heterocycles. The van der Waals surface area contributed by atoms with Gasteiger partial charge in [0, 0.05) is 4.90 Å². The molecule has 0 bridgehead atoms. The van der Waals surface area contributed by atoms with Crippen molar-refractivity contribution in [1.29, 1.82) is 0 Å². The molecule has 1 rings (SSSR count). The summed E-state index contributed by atoms with van der Waals surface area (Å²) in [5, 5.41) is 11.8. The Kier molecular flexibility index (Phi) is 6.14. The number of aliphatic carboxylic acids is 1. The lowest BCUT2D eigenvalue weighted by molar-refractivity contribution is -0.144. The molecule has 2 N–H and O–H groups in total. The van der Waals surface area contributed by atoms with Crippen LogP contribution in [0.1, 0.15) is 37.0 Å². The van der Waals surface area contributed by atoms with Crippen LogP contribution >= 0.6 is 11.8 Å². The number of benzene rings is 1. The standard InChI is InChI=1S/C14H17F2NO3S/c1-3-14(4-2,12(19)20)17-11(18)9-7-5-6-8-10(9)21-13(15)16/h5-8,13H,3-4H2,1-2H3,(H,17,18)(H,19,20). The molecule has 0 aromatic heterocycles.